The molecule has 2 heterocycles. The van der Waals surface area contributed by atoms with Crippen LogP contribution in [0.3, 0.4) is 0 Å². The molecule has 0 spiro atoms. The summed E-state index contributed by atoms with van der Waals surface area (Å²) >= 11 is 5.37. The number of rotatable bonds is 2. The Morgan fingerprint density at radius 3 is 2.79 bits per heavy atom. The van der Waals surface area contributed by atoms with Gasteiger partial charge in [0.1, 0.15) is 0 Å². The maximum atomic E-state index is 12.7. The summed E-state index contributed by atoms with van der Waals surface area (Å²) in [6, 6.07) is 8.34. The average molecular weight is 340 g/mol. The number of carbonyl (C=O) groups excluding carboxylic acids is 1. The molecule has 0 N–H and O–H groups in total. The Kier molecular flexibility index (Phi) is 4.18. The molecule has 4 heteroatoms. The van der Waals surface area contributed by atoms with Gasteiger partial charge in [0.25, 0.3) is 0 Å². The fourth-order valence-electron chi connectivity index (χ4n) is 2.90. The molecule has 3 rings (SSSR count). The molecule has 1 amide bonds. The van der Waals surface area contributed by atoms with Crippen molar-refractivity contribution in [1.82, 2.24) is 4.90 Å². The lowest BCUT2D eigenvalue weighted by molar-refractivity contribution is -0.133. The molecule has 19 heavy (non-hydrogen) atoms. The predicted molar refractivity (Wildman–Crippen MR) is 83.0 cm³/mol. The topological polar surface area (TPSA) is 20.3 Å². The summed E-state index contributed by atoms with van der Waals surface area (Å²) in [5.74, 6) is 2.08. The van der Waals surface area contributed by atoms with Gasteiger partial charge in [-0.05, 0) is 30.4 Å². The normalized spacial score (nSPS) is 23.4. The molecule has 1 aromatic carbocycles. The third-order valence-electron chi connectivity index (χ3n) is 4.14. The summed E-state index contributed by atoms with van der Waals surface area (Å²) < 4.78 is 0. The first-order chi connectivity index (χ1) is 9.29. The van der Waals surface area contributed by atoms with Crippen LogP contribution in [0.1, 0.15) is 24.3 Å². The van der Waals surface area contributed by atoms with Gasteiger partial charge < -0.3 is 4.90 Å². The zero-order chi connectivity index (χ0) is 13.2. The van der Waals surface area contributed by atoms with E-state index in [1.807, 2.05) is 17.8 Å². The van der Waals surface area contributed by atoms with Crippen LogP contribution in [0.25, 0.3) is 0 Å². The second kappa shape index (κ2) is 5.88. The zero-order valence-electron chi connectivity index (χ0n) is 10.8. The number of hydrogen-bond donors (Lipinski definition) is 0. The Labute approximate surface area is 127 Å². The van der Waals surface area contributed by atoms with Gasteiger partial charge in [0.2, 0.25) is 5.91 Å². The lowest BCUT2D eigenvalue weighted by Crippen LogP contribution is -2.41. The van der Waals surface area contributed by atoms with Gasteiger partial charge in [-0.3, -0.25) is 4.79 Å². The van der Waals surface area contributed by atoms with E-state index in [2.05, 4.69) is 39.0 Å². The minimum Gasteiger partial charge on any atom is -0.342 e. The quantitative estimate of drug-likeness (QED) is 0.768. The first kappa shape index (κ1) is 13.5. The van der Waals surface area contributed by atoms with Gasteiger partial charge in [-0.25, -0.2) is 0 Å². The molecule has 102 valence electrons. The van der Waals surface area contributed by atoms with Crippen LogP contribution in [0.5, 0.6) is 0 Å². The van der Waals surface area contributed by atoms with Gasteiger partial charge in [-0.15, -0.1) is 11.8 Å². The highest BCUT2D eigenvalue weighted by molar-refractivity contribution is 9.09. The highest BCUT2D eigenvalue weighted by atomic mass is 79.9. The number of fused-ring (bicyclic) bond motifs is 1. The van der Waals surface area contributed by atoms with E-state index in [0.29, 0.717) is 5.91 Å². The van der Waals surface area contributed by atoms with E-state index in [4.69, 9.17) is 0 Å². The fourth-order valence-corrected chi connectivity index (χ4v) is 4.76. The molecule has 2 nitrogen and oxygen atoms in total. The van der Waals surface area contributed by atoms with E-state index in [9.17, 15) is 4.79 Å². The number of alkyl halides is 1. The SMILES string of the molecule is O=C(C1CSc2ccccc21)N1CCC(CBr)CC1. The van der Waals surface area contributed by atoms with E-state index in [-0.39, 0.29) is 5.92 Å². The number of thioether (sulfide) groups is 1. The van der Waals surface area contributed by atoms with Crippen molar-refractivity contribution >= 4 is 33.6 Å². The van der Waals surface area contributed by atoms with Crippen LogP contribution in [0.4, 0.5) is 0 Å². The highest BCUT2D eigenvalue weighted by Gasteiger charge is 2.33. The molecular weight excluding hydrogens is 322 g/mol. The summed E-state index contributed by atoms with van der Waals surface area (Å²) in [5.41, 5.74) is 1.24. The van der Waals surface area contributed by atoms with Gasteiger partial charge in [-0.2, -0.15) is 0 Å². The van der Waals surface area contributed by atoms with Crippen molar-refractivity contribution in [2.45, 2.75) is 23.7 Å². The van der Waals surface area contributed by atoms with Crippen LogP contribution in [0, 0.1) is 5.92 Å². The zero-order valence-corrected chi connectivity index (χ0v) is 13.3. The second-order valence-corrected chi connectivity index (χ2v) is 7.03. The monoisotopic (exact) mass is 339 g/mol. The van der Waals surface area contributed by atoms with Crippen molar-refractivity contribution in [3.63, 3.8) is 0 Å². The maximum Gasteiger partial charge on any atom is 0.231 e. The molecule has 1 unspecified atom stereocenters. The number of likely N-dealkylation sites (tertiary alicyclic amines) is 1. The molecular formula is C15H18BrNOS. The molecule has 0 aliphatic carbocycles. The molecule has 1 aromatic rings. The number of amides is 1. The Hall–Kier alpha value is -0.480. The van der Waals surface area contributed by atoms with Crippen LogP contribution in [0.15, 0.2) is 29.2 Å². The Morgan fingerprint density at radius 2 is 2.05 bits per heavy atom. The highest BCUT2D eigenvalue weighted by Crippen LogP contribution is 2.40. The van der Waals surface area contributed by atoms with Crippen LogP contribution < -0.4 is 0 Å². The van der Waals surface area contributed by atoms with Crippen molar-refractivity contribution in [1.29, 1.82) is 0 Å². The molecule has 0 aromatic heterocycles. The minimum atomic E-state index is 0.0849. The Bertz CT molecular complexity index is 471. The molecule has 1 saturated heterocycles. The first-order valence-corrected chi connectivity index (χ1v) is 8.97. The number of hydrogen-bond acceptors (Lipinski definition) is 2. The van der Waals surface area contributed by atoms with E-state index >= 15 is 0 Å². The first-order valence-electron chi connectivity index (χ1n) is 6.86. The summed E-state index contributed by atoms with van der Waals surface area (Å²) in [5, 5.41) is 1.07. The maximum absolute atomic E-state index is 12.7. The number of nitrogens with zero attached hydrogens (tertiary/aromatic N) is 1. The summed E-state index contributed by atoms with van der Waals surface area (Å²) in [7, 11) is 0. The predicted octanol–water partition coefficient (Wildman–Crippen LogP) is 3.51. The van der Waals surface area contributed by atoms with Gasteiger partial charge in [0, 0.05) is 29.1 Å². The van der Waals surface area contributed by atoms with Crippen LogP contribution >= 0.6 is 27.7 Å². The van der Waals surface area contributed by atoms with Crippen molar-refractivity contribution in [3.8, 4) is 0 Å². The van der Waals surface area contributed by atoms with Crippen LogP contribution in [0.2, 0.25) is 0 Å². The largest absolute Gasteiger partial charge is 0.342 e. The number of benzene rings is 1. The van der Waals surface area contributed by atoms with Gasteiger partial charge in [0.05, 0.1) is 5.92 Å². The minimum absolute atomic E-state index is 0.0849. The number of halogens is 1. The Morgan fingerprint density at radius 1 is 1.32 bits per heavy atom. The van der Waals surface area contributed by atoms with E-state index in [1.54, 1.807) is 0 Å². The standard InChI is InChI=1S/C15H18BrNOS/c16-9-11-5-7-17(8-6-11)15(18)13-10-19-14-4-2-1-3-12(13)14/h1-4,11,13H,5-10H2. The lowest BCUT2D eigenvalue weighted by atomic mass is 9.95. The van der Waals surface area contributed by atoms with Gasteiger partial charge >= 0.3 is 0 Å². The number of piperidine rings is 1. The molecule has 2 aliphatic rings. The summed E-state index contributed by atoms with van der Waals surface area (Å²) in [6.07, 6.45) is 2.27. The summed E-state index contributed by atoms with van der Waals surface area (Å²) in [4.78, 5) is 16.0. The lowest BCUT2D eigenvalue weighted by Gasteiger charge is -2.33. The van der Waals surface area contributed by atoms with Crippen molar-refractivity contribution in [3.05, 3.63) is 29.8 Å². The molecule has 1 fully saturated rings. The van der Waals surface area contributed by atoms with E-state index in [1.165, 1.54) is 10.5 Å². The molecule has 1 atom stereocenters. The second-order valence-electron chi connectivity index (χ2n) is 5.32. The molecule has 0 radical (unpaired) electrons. The van der Waals surface area contributed by atoms with Crippen molar-refractivity contribution < 1.29 is 4.79 Å². The van der Waals surface area contributed by atoms with E-state index < -0.39 is 0 Å². The third kappa shape index (κ3) is 2.70. The molecule has 0 saturated carbocycles. The van der Waals surface area contributed by atoms with Gasteiger partial charge in [-0.1, -0.05) is 34.1 Å². The molecule has 0 bridgehead atoms. The summed E-state index contributed by atoms with van der Waals surface area (Å²) in [6.45, 7) is 1.86. The van der Waals surface area contributed by atoms with Crippen molar-refractivity contribution in [2.75, 3.05) is 24.2 Å². The fraction of sp³-hybridized carbons (Fsp3) is 0.533. The van der Waals surface area contributed by atoms with Gasteiger partial charge in [0.15, 0.2) is 0 Å². The third-order valence-corrected chi connectivity index (χ3v) is 6.24. The average Bonchev–Trinajstić information content (AvgIpc) is 2.90. The molecule has 2 aliphatic heterocycles. The Balaban J connectivity index is 1.69. The number of carbonyl (C=O) groups is 1. The smallest absolute Gasteiger partial charge is 0.231 e. The van der Waals surface area contributed by atoms with Crippen LogP contribution in [-0.4, -0.2) is 35.0 Å². The van der Waals surface area contributed by atoms with E-state index in [0.717, 1.165) is 42.9 Å². The van der Waals surface area contributed by atoms with Crippen molar-refractivity contribution in [2.24, 2.45) is 5.92 Å². The van der Waals surface area contributed by atoms with Crippen LogP contribution in [-0.2, 0) is 4.79 Å².